The van der Waals surface area contributed by atoms with Crippen LogP contribution in [0.5, 0.6) is 0 Å². The third-order valence-electron chi connectivity index (χ3n) is 5.20. The van der Waals surface area contributed by atoms with Crippen molar-refractivity contribution >= 4 is 32.7 Å². The molecule has 0 spiro atoms. The van der Waals surface area contributed by atoms with Gasteiger partial charge in [-0.3, -0.25) is 4.79 Å². The highest BCUT2D eigenvalue weighted by Crippen LogP contribution is 2.23. The fourth-order valence-electron chi connectivity index (χ4n) is 3.62. The molecule has 1 saturated heterocycles. The molecule has 0 saturated carbocycles. The molecule has 1 N–H and O–H groups in total. The van der Waals surface area contributed by atoms with Crippen LogP contribution in [0.4, 0.5) is 0 Å². The molecule has 1 aromatic heterocycles. The van der Waals surface area contributed by atoms with Gasteiger partial charge in [0.25, 0.3) is 0 Å². The highest BCUT2D eigenvalue weighted by molar-refractivity contribution is 7.89. The smallest absolute Gasteiger partial charge is 0.338 e. The number of H-pyrrole nitrogens is 1. The number of sulfonamides is 1. The molecule has 1 fully saturated rings. The molecule has 9 heteroatoms. The number of carbonyl (C=O) groups is 2. The molecule has 0 unspecified atom stereocenters. The molecule has 0 amide bonds. The second kappa shape index (κ2) is 8.62. The van der Waals surface area contributed by atoms with Crippen LogP contribution in [0.2, 0.25) is 0 Å². The summed E-state index contributed by atoms with van der Waals surface area (Å²) in [5.74, 6) is -1.00. The monoisotopic (exact) mass is 442 g/mol. The van der Waals surface area contributed by atoms with Gasteiger partial charge in [-0.15, -0.1) is 0 Å². The first-order valence-corrected chi connectivity index (χ1v) is 11.3. The number of benzene rings is 2. The Kier molecular flexibility index (Phi) is 5.90. The molecule has 4 rings (SSSR count). The van der Waals surface area contributed by atoms with E-state index in [9.17, 15) is 18.0 Å². The SMILES string of the molecule is Cc1[nH]c2ccccc2c1C(=O)COC(=O)c1ccc(S(=O)(=O)N2CCOCC2)cc1. The lowest BCUT2D eigenvalue weighted by atomic mass is 10.1. The van der Waals surface area contributed by atoms with Crippen LogP contribution in [0, 0.1) is 6.92 Å². The van der Waals surface area contributed by atoms with Crippen molar-refractivity contribution in [3.63, 3.8) is 0 Å². The summed E-state index contributed by atoms with van der Waals surface area (Å²) in [6.45, 7) is 2.68. The lowest BCUT2D eigenvalue weighted by Crippen LogP contribution is -2.40. The number of aryl methyl sites for hydroxylation is 1. The molecule has 8 nitrogen and oxygen atoms in total. The number of nitrogens with zero attached hydrogens (tertiary/aromatic N) is 1. The quantitative estimate of drug-likeness (QED) is 0.465. The zero-order valence-electron chi connectivity index (χ0n) is 17.0. The van der Waals surface area contributed by atoms with Gasteiger partial charge in [0.15, 0.2) is 6.61 Å². The molecule has 2 heterocycles. The van der Waals surface area contributed by atoms with Crippen LogP contribution in [0.1, 0.15) is 26.4 Å². The Morgan fingerprint density at radius 2 is 1.74 bits per heavy atom. The van der Waals surface area contributed by atoms with Gasteiger partial charge in [0.05, 0.1) is 23.7 Å². The number of morpholine rings is 1. The summed E-state index contributed by atoms with van der Waals surface area (Å²) >= 11 is 0. The molecule has 1 aliphatic heterocycles. The lowest BCUT2D eigenvalue weighted by Gasteiger charge is -2.26. The van der Waals surface area contributed by atoms with E-state index in [1.807, 2.05) is 24.3 Å². The van der Waals surface area contributed by atoms with Crippen molar-refractivity contribution in [3.8, 4) is 0 Å². The number of nitrogens with one attached hydrogen (secondary N) is 1. The van der Waals surface area contributed by atoms with Crippen LogP contribution in [-0.2, 0) is 19.5 Å². The first kappa shape index (κ1) is 21.2. The summed E-state index contributed by atoms with van der Waals surface area (Å²) in [6.07, 6.45) is 0. The van der Waals surface area contributed by atoms with Gasteiger partial charge < -0.3 is 14.5 Å². The minimum absolute atomic E-state index is 0.0939. The molecule has 31 heavy (non-hydrogen) atoms. The summed E-state index contributed by atoms with van der Waals surface area (Å²) in [7, 11) is -3.64. The molecule has 0 atom stereocenters. The second-order valence-corrected chi connectivity index (χ2v) is 9.15. The molecule has 0 radical (unpaired) electrons. The number of hydrogen-bond acceptors (Lipinski definition) is 6. The number of aromatic nitrogens is 1. The first-order chi connectivity index (χ1) is 14.9. The first-order valence-electron chi connectivity index (χ1n) is 9.83. The summed E-state index contributed by atoms with van der Waals surface area (Å²) in [4.78, 5) is 28.3. The maximum Gasteiger partial charge on any atom is 0.338 e. The third kappa shape index (κ3) is 4.25. The zero-order chi connectivity index (χ0) is 22.0. The van der Waals surface area contributed by atoms with Gasteiger partial charge >= 0.3 is 5.97 Å². The highest BCUT2D eigenvalue weighted by Gasteiger charge is 2.26. The van der Waals surface area contributed by atoms with Gasteiger partial charge in [-0.2, -0.15) is 4.31 Å². The van der Waals surface area contributed by atoms with Gasteiger partial charge in [-0.05, 0) is 37.3 Å². The van der Waals surface area contributed by atoms with Crippen molar-refractivity contribution in [1.29, 1.82) is 0 Å². The predicted molar refractivity (Wildman–Crippen MR) is 114 cm³/mol. The Bertz CT molecular complexity index is 1220. The fourth-order valence-corrected chi connectivity index (χ4v) is 5.03. The van der Waals surface area contributed by atoms with E-state index < -0.39 is 22.6 Å². The Hall–Kier alpha value is -3.01. The number of aromatic amines is 1. The van der Waals surface area contributed by atoms with E-state index in [1.165, 1.54) is 28.6 Å². The fraction of sp³-hybridized carbons (Fsp3) is 0.273. The average Bonchev–Trinajstić information content (AvgIpc) is 3.13. The summed E-state index contributed by atoms with van der Waals surface area (Å²) < 4.78 is 37.0. The number of hydrogen-bond donors (Lipinski definition) is 1. The largest absolute Gasteiger partial charge is 0.454 e. The molecule has 3 aromatic rings. The van der Waals surface area contributed by atoms with Crippen molar-refractivity contribution in [2.75, 3.05) is 32.9 Å². The minimum atomic E-state index is -3.64. The maximum atomic E-state index is 12.7. The molecule has 0 bridgehead atoms. The Morgan fingerprint density at radius 1 is 1.06 bits per heavy atom. The number of carbonyl (C=O) groups excluding carboxylic acids is 2. The van der Waals surface area contributed by atoms with Gasteiger partial charge in [0.2, 0.25) is 15.8 Å². The highest BCUT2D eigenvalue weighted by atomic mass is 32.2. The van der Waals surface area contributed by atoms with Crippen LogP contribution < -0.4 is 0 Å². The third-order valence-corrected chi connectivity index (χ3v) is 7.12. The summed E-state index contributed by atoms with van der Waals surface area (Å²) in [5, 5.41) is 0.777. The van der Waals surface area contributed by atoms with Gasteiger partial charge in [0, 0.05) is 35.2 Å². The molecule has 162 valence electrons. The Balaban J connectivity index is 1.43. The van der Waals surface area contributed by atoms with Crippen molar-refractivity contribution in [3.05, 3.63) is 65.4 Å². The summed E-state index contributed by atoms with van der Waals surface area (Å²) in [6, 6.07) is 12.9. The molecule has 1 aliphatic rings. The van der Waals surface area contributed by atoms with E-state index in [1.54, 1.807) is 6.92 Å². The number of ketones is 1. The van der Waals surface area contributed by atoms with Crippen LogP contribution in [-0.4, -0.2) is 62.4 Å². The maximum absolute atomic E-state index is 12.7. The Labute approximate surface area is 179 Å². The van der Waals surface area contributed by atoms with E-state index in [-0.39, 0.29) is 16.2 Å². The van der Waals surface area contributed by atoms with Crippen LogP contribution in [0.25, 0.3) is 10.9 Å². The van der Waals surface area contributed by atoms with Crippen molar-refractivity contribution in [1.82, 2.24) is 9.29 Å². The number of para-hydroxylation sites is 1. The van der Waals surface area contributed by atoms with Crippen LogP contribution >= 0.6 is 0 Å². The van der Waals surface area contributed by atoms with Crippen LogP contribution in [0.3, 0.4) is 0 Å². The van der Waals surface area contributed by atoms with Gasteiger partial charge in [-0.1, -0.05) is 18.2 Å². The second-order valence-electron chi connectivity index (χ2n) is 7.21. The molecule has 0 aliphatic carbocycles. The number of esters is 1. The Morgan fingerprint density at radius 3 is 2.45 bits per heavy atom. The minimum Gasteiger partial charge on any atom is -0.454 e. The van der Waals surface area contributed by atoms with E-state index in [2.05, 4.69) is 4.98 Å². The number of rotatable bonds is 6. The zero-order valence-corrected chi connectivity index (χ0v) is 17.8. The lowest BCUT2D eigenvalue weighted by molar-refractivity contribution is 0.0475. The number of ether oxygens (including phenoxy) is 2. The molecular formula is C22H22N2O6S. The standard InChI is InChI=1S/C22H22N2O6S/c1-15-21(18-4-2-3-5-19(18)23-15)20(25)14-30-22(26)16-6-8-17(9-7-16)31(27,28)24-10-12-29-13-11-24/h2-9,23H,10-14H2,1H3. The van der Waals surface area contributed by atoms with E-state index in [0.717, 1.165) is 10.9 Å². The number of Topliss-reactive ketones (excluding diaryl/α,β-unsaturated/α-hetero) is 1. The van der Waals surface area contributed by atoms with E-state index in [0.29, 0.717) is 37.6 Å². The predicted octanol–water partition coefficient (Wildman–Crippen LogP) is 2.54. The topological polar surface area (TPSA) is 106 Å². The van der Waals surface area contributed by atoms with Crippen molar-refractivity contribution < 1.29 is 27.5 Å². The van der Waals surface area contributed by atoms with Crippen LogP contribution in [0.15, 0.2) is 53.4 Å². The van der Waals surface area contributed by atoms with Gasteiger partial charge in [-0.25, -0.2) is 13.2 Å². The van der Waals surface area contributed by atoms with E-state index in [4.69, 9.17) is 9.47 Å². The summed E-state index contributed by atoms with van der Waals surface area (Å²) in [5.41, 5.74) is 2.21. The van der Waals surface area contributed by atoms with Crippen molar-refractivity contribution in [2.45, 2.75) is 11.8 Å². The van der Waals surface area contributed by atoms with Gasteiger partial charge in [0.1, 0.15) is 0 Å². The molecule has 2 aromatic carbocycles. The average molecular weight is 442 g/mol. The van der Waals surface area contributed by atoms with E-state index >= 15 is 0 Å². The van der Waals surface area contributed by atoms with Crippen molar-refractivity contribution in [2.24, 2.45) is 0 Å². The normalized spacial score (nSPS) is 15.1. The number of fused-ring (bicyclic) bond motifs is 1. The molecular weight excluding hydrogens is 420 g/mol.